The van der Waals surface area contributed by atoms with Crippen LogP contribution in [0.5, 0.6) is 0 Å². The number of anilines is 1. The van der Waals surface area contributed by atoms with Crippen LogP contribution in [0.4, 0.5) is 5.69 Å². The van der Waals surface area contributed by atoms with Crippen LogP contribution in [0.2, 0.25) is 0 Å². The number of hydrogen-bond donors (Lipinski definition) is 2. The summed E-state index contributed by atoms with van der Waals surface area (Å²) in [5.74, 6) is 0. The fraction of sp³-hybridized carbons (Fsp3) is 0. The zero-order chi connectivity index (χ0) is 10.3. The Labute approximate surface area is 102 Å². The molecular formula is C10H9ClN4S. The molecule has 82 valence electrons. The lowest BCUT2D eigenvalue weighted by Gasteiger charge is -1.90. The highest BCUT2D eigenvalue weighted by molar-refractivity contribution is 7.21. The first-order chi connectivity index (χ1) is 7.34. The molecule has 3 N–H and O–H groups in total. The summed E-state index contributed by atoms with van der Waals surface area (Å²) >= 11 is 1.61. The molecule has 0 radical (unpaired) electrons. The minimum Gasteiger partial charge on any atom is -0.396 e. The maximum absolute atomic E-state index is 5.77. The number of nitrogens with zero attached hydrogens (tertiary/aromatic N) is 2. The summed E-state index contributed by atoms with van der Waals surface area (Å²) in [7, 11) is 0. The van der Waals surface area contributed by atoms with Gasteiger partial charge in [-0.3, -0.25) is 5.10 Å². The second-order valence-electron chi connectivity index (χ2n) is 3.19. The van der Waals surface area contributed by atoms with Crippen LogP contribution in [-0.4, -0.2) is 15.2 Å². The number of hydrogen-bond acceptors (Lipinski definition) is 4. The van der Waals surface area contributed by atoms with Gasteiger partial charge in [0.25, 0.3) is 0 Å². The molecule has 0 bridgehead atoms. The number of rotatable bonds is 1. The van der Waals surface area contributed by atoms with Gasteiger partial charge in [0, 0.05) is 0 Å². The molecule has 16 heavy (non-hydrogen) atoms. The van der Waals surface area contributed by atoms with Gasteiger partial charge in [-0.2, -0.15) is 5.10 Å². The number of fused-ring (bicyclic) bond motifs is 1. The van der Waals surface area contributed by atoms with Gasteiger partial charge in [-0.15, -0.1) is 23.7 Å². The lowest BCUT2D eigenvalue weighted by molar-refractivity contribution is 1.09. The molecule has 0 spiro atoms. The highest BCUT2D eigenvalue weighted by Gasteiger charge is 2.09. The van der Waals surface area contributed by atoms with Crippen LogP contribution in [0.25, 0.3) is 20.9 Å². The monoisotopic (exact) mass is 252 g/mol. The van der Waals surface area contributed by atoms with Gasteiger partial charge in [0.15, 0.2) is 0 Å². The molecule has 4 nitrogen and oxygen atoms in total. The molecule has 0 aliphatic heterocycles. The predicted octanol–water partition coefficient (Wildman–Crippen LogP) is 2.69. The number of benzene rings is 1. The van der Waals surface area contributed by atoms with Crippen LogP contribution in [0.3, 0.4) is 0 Å². The summed E-state index contributed by atoms with van der Waals surface area (Å²) in [6.07, 6.45) is 1.60. The minimum absolute atomic E-state index is 0. The van der Waals surface area contributed by atoms with Crippen LogP contribution >= 0.6 is 23.7 Å². The molecule has 0 fully saturated rings. The number of aromatic amines is 1. The Morgan fingerprint density at radius 3 is 2.75 bits per heavy atom. The molecule has 1 aromatic carbocycles. The van der Waals surface area contributed by atoms with Gasteiger partial charge >= 0.3 is 0 Å². The van der Waals surface area contributed by atoms with Crippen molar-refractivity contribution >= 4 is 39.6 Å². The van der Waals surface area contributed by atoms with Crippen LogP contribution in [0.15, 0.2) is 30.5 Å². The smallest absolute Gasteiger partial charge is 0.144 e. The Hall–Kier alpha value is -1.59. The van der Waals surface area contributed by atoms with Crippen molar-refractivity contribution in [2.75, 3.05) is 5.73 Å². The lowest BCUT2D eigenvalue weighted by atomic mass is 10.3. The van der Waals surface area contributed by atoms with E-state index in [0.717, 1.165) is 20.9 Å². The number of nitrogens with two attached hydrogens (primary N) is 1. The first-order valence-corrected chi connectivity index (χ1v) is 5.31. The average Bonchev–Trinajstić information content (AvgIpc) is 2.82. The molecule has 0 aliphatic rings. The fourth-order valence-corrected chi connectivity index (χ4v) is 2.43. The van der Waals surface area contributed by atoms with Crippen LogP contribution < -0.4 is 5.73 Å². The average molecular weight is 253 g/mol. The van der Waals surface area contributed by atoms with E-state index in [9.17, 15) is 0 Å². The van der Waals surface area contributed by atoms with Gasteiger partial charge < -0.3 is 5.73 Å². The van der Waals surface area contributed by atoms with Crippen LogP contribution in [-0.2, 0) is 0 Å². The third-order valence-corrected chi connectivity index (χ3v) is 3.23. The van der Waals surface area contributed by atoms with Gasteiger partial charge in [-0.1, -0.05) is 12.1 Å². The molecule has 0 atom stereocenters. The number of nitrogens with one attached hydrogen (secondary N) is 1. The Morgan fingerprint density at radius 1 is 1.25 bits per heavy atom. The zero-order valence-electron chi connectivity index (χ0n) is 8.18. The highest BCUT2D eigenvalue weighted by atomic mass is 35.5. The van der Waals surface area contributed by atoms with Crippen LogP contribution in [0.1, 0.15) is 0 Å². The standard InChI is InChI=1S/C10H8N4S.ClH/c11-6-5-12-14-9(6)10-13-7-3-1-2-4-8(7)15-10;/h1-5H,11H2,(H,12,14);1H. The van der Waals surface area contributed by atoms with E-state index in [1.54, 1.807) is 17.5 Å². The zero-order valence-corrected chi connectivity index (χ0v) is 9.81. The Morgan fingerprint density at radius 2 is 2.06 bits per heavy atom. The molecule has 0 saturated carbocycles. The Bertz CT molecular complexity index is 583. The number of thiazole rings is 1. The maximum Gasteiger partial charge on any atom is 0.144 e. The number of para-hydroxylation sites is 1. The third kappa shape index (κ3) is 1.64. The summed E-state index contributed by atoms with van der Waals surface area (Å²) < 4.78 is 1.15. The van der Waals surface area contributed by atoms with Gasteiger partial charge in [0.1, 0.15) is 10.7 Å². The number of nitrogen functional groups attached to an aromatic ring is 1. The molecule has 0 amide bonds. The second kappa shape index (κ2) is 4.11. The van der Waals surface area contributed by atoms with Gasteiger partial charge in [-0.25, -0.2) is 4.98 Å². The van der Waals surface area contributed by atoms with Crippen molar-refractivity contribution in [3.05, 3.63) is 30.5 Å². The van der Waals surface area contributed by atoms with E-state index < -0.39 is 0 Å². The van der Waals surface area contributed by atoms with Crippen molar-refractivity contribution in [2.24, 2.45) is 0 Å². The Balaban J connectivity index is 0.000000963. The lowest BCUT2D eigenvalue weighted by Crippen LogP contribution is -1.85. The first kappa shape index (κ1) is 10.9. The van der Waals surface area contributed by atoms with Crippen molar-refractivity contribution in [2.45, 2.75) is 0 Å². The van der Waals surface area contributed by atoms with E-state index in [2.05, 4.69) is 15.2 Å². The number of H-pyrrole nitrogens is 1. The SMILES string of the molecule is Cl.Nc1cn[nH]c1-c1nc2ccccc2s1. The number of aromatic nitrogens is 3. The summed E-state index contributed by atoms with van der Waals surface area (Å²) in [6.45, 7) is 0. The topological polar surface area (TPSA) is 67.6 Å². The van der Waals surface area contributed by atoms with Gasteiger partial charge in [0.05, 0.1) is 22.1 Å². The second-order valence-corrected chi connectivity index (χ2v) is 4.22. The normalized spacial score (nSPS) is 10.2. The molecule has 3 aromatic rings. The molecule has 0 aliphatic carbocycles. The van der Waals surface area contributed by atoms with E-state index >= 15 is 0 Å². The molecule has 6 heteroatoms. The molecule has 2 heterocycles. The Kier molecular flexibility index (Phi) is 2.80. The predicted molar refractivity (Wildman–Crippen MR) is 68.9 cm³/mol. The van der Waals surface area contributed by atoms with Gasteiger partial charge in [0.2, 0.25) is 0 Å². The molecular weight excluding hydrogens is 244 g/mol. The molecule has 0 unspecified atom stereocenters. The first-order valence-electron chi connectivity index (χ1n) is 4.49. The van der Waals surface area contributed by atoms with Crippen molar-refractivity contribution in [3.8, 4) is 10.7 Å². The van der Waals surface area contributed by atoms with E-state index in [-0.39, 0.29) is 12.4 Å². The third-order valence-electron chi connectivity index (χ3n) is 2.18. The largest absolute Gasteiger partial charge is 0.396 e. The minimum atomic E-state index is 0. The maximum atomic E-state index is 5.77. The van der Waals surface area contributed by atoms with Crippen molar-refractivity contribution in [1.82, 2.24) is 15.2 Å². The molecule has 2 aromatic heterocycles. The fourth-order valence-electron chi connectivity index (χ4n) is 1.45. The summed E-state index contributed by atoms with van der Waals surface area (Å²) in [6, 6.07) is 8.01. The summed E-state index contributed by atoms with van der Waals surface area (Å²) in [5, 5.41) is 7.62. The molecule has 3 rings (SSSR count). The van der Waals surface area contributed by atoms with Crippen molar-refractivity contribution < 1.29 is 0 Å². The van der Waals surface area contributed by atoms with E-state index in [1.807, 2.05) is 24.3 Å². The summed E-state index contributed by atoms with van der Waals surface area (Å²) in [4.78, 5) is 4.48. The summed E-state index contributed by atoms with van der Waals surface area (Å²) in [5.41, 5.74) is 8.19. The van der Waals surface area contributed by atoms with E-state index in [0.29, 0.717) is 5.69 Å². The number of halogens is 1. The van der Waals surface area contributed by atoms with Crippen molar-refractivity contribution in [3.63, 3.8) is 0 Å². The van der Waals surface area contributed by atoms with E-state index in [1.165, 1.54) is 0 Å². The van der Waals surface area contributed by atoms with Crippen molar-refractivity contribution in [1.29, 1.82) is 0 Å². The van der Waals surface area contributed by atoms with E-state index in [4.69, 9.17) is 5.73 Å². The van der Waals surface area contributed by atoms with Crippen LogP contribution in [0, 0.1) is 0 Å². The van der Waals surface area contributed by atoms with Gasteiger partial charge in [-0.05, 0) is 12.1 Å². The quantitative estimate of drug-likeness (QED) is 0.700. The molecule has 0 saturated heterocycles. The highest BCUT2D eigenvalue weighted by Crippen LogP contribution is 2.31.